The van der Waals surface area contributed by atoms with Gasteiger partial charge in [-0.05, 0) is 11.6 Å². The Morgan fingerprint density at radius 2 is 2.38 bits per heavy atom. The highest BCUT2D eigenvalue weighted by atomic mass is 19.1. The van der Waals surface area contributed by atoms with E-state index in [2.05, 4.69) is 0 Å². The van der Waals surface area contributed by atoms with E-state index in [9.17, 15) is 9.18 Å². The standard InChI is InChI=1S/C11H12FNO3/c12-8-2-1-6-3-4-16-10(6)7(8)5-9(13)11(14)15/h1-2,9H,3-5,13H2,(H,14,15). The Morgan fingerprint density at radius 1 is 1.62 bits per heavy atom. The Labute approximate surface area is 91.8 Å². The molecule has 0 amide bonds. The van der Waals surface area contributed by atoms with E-state index >= 15 is 0 Å². The van der Waals surface area contributed by atoms with E-state index in [4.69, 9.17) is 15.6 Å². The number of fused-ring (bicyclic) bond motifs is 1. The fraction of sp³-hybridized carbons (Fsp3) is 0.364. The van der Waals surface area contributed by atoms with Gasteiger partial charge in [-0.25, -0.2) is 4.39 Å². The van der Waals surface area contributed by atoms with Crippen molar-refractivity contribution in [1.82, 2.24) is 0 Å². The van der Waals surface area contributed by atoms with Gasteiger partial charge in [0.1, 0.15) is 17.6 Å². The van der Waals surface area contributed by atoms with E-state index in [1.54, 1.807) is 6.07 Å². The predicted molar refractivity (Wildman–Crippen MR) is 54.9 cm³/mol. The molecule has 0 fully saturated rings. The van der Waals surface area contributed by atoms with Crippen LogP contribution in [-0.2, 0) is 17.6 Å². The number of carboxylic acids is 1. The minimum Gasteiger partial charge on any atom is -0.493 e. The van der Waals surface area contributed by atoms with Gasteiger partial charge in [0.25, 0.3) is 0 Å². The molecule has 1 heterocycles. The van der Waals surface area contributed by atoms with Gasteiger partial charge in [-0.2, -0.15) is 0 Å². The molecule has 16 heavy (non-hydrogen) atoms. The maximum Gasteiger partial charge on any atom is 0.320 e. The second-order valence-electron chi connectivity index (χ2n) is 3.76. The van der Waals surface area contributed by atoms with Gasteiger partial charge in [0.05, 0.1) is 6.61 Å². The highest BCUT2D eigenvalue weighted by Crippen LogP contribution is 2.32. The molecule has 0 aromatic heterocycles. The lowest BCUT2D eigenvalue weighted by atomic mass is 10.0. The molecule has 0 saturated heterocycles. The second-order valence-corrected chi connectivity index (χ2v) is 3.76. The van der Waals surface area contributed by atoms with Crippen molar-refractivity contribution >= 4 is 5.97 Å². The van der Waals surface area contributed by atoms with Crippen LogP contribution in [0.3, 0.4) is 0 Å². The van der Waals surface area contributed by atoms with Crippen molar-refractivity contribution in [3.8, 4) is 5.75 Å². The lowest BCUT2D eigenvalue weighted by molar-refractivity contribution is -0.138. The van der Waals surface area contributed by atoms with Crippen molar-refractivity contribution in [3.63, 3.8) is 0 Å². The number of nitrogens with two attached hydrogens (primary N) is 1. The van der Waals surface area contributed by atoms with Crippen molar-refractivity contribution in [2.75, 3.05) is 6.61 Å². The highest BCUT2D eigenvalue weighted by Gasteiger charge is 2.23. The monoisotopic (exact) mass is 225 g/mol. The number of halogens is 1. The third kappa shape index (κ3) is 1.86. The van der Waals surface area contributed by atoms with Crippen LogP contribution >= 0.6 is 0 Å². The molecule has 1 unspecified atom stereocenters. The number of hydrogen-bond acceptors (Lipinski definition) is 3. The van der Waals surface area contributed by atoms with Crippen molar-refractivity contribution in [2.24, 2.45) is 5.73 Å². The van der Waals surface area contributed by atoms with Crippen LogP contribution in [0.15, 0.2) is 12.1 Å². The van der Waals surface area contributed by atoms with E-state index < -0.39 is 17.8 Å². The summed E-state index contributed by atoms with van der Waals surface area (Å²) in [4.78, 5) is 10.6. The SMILES string of the molecule is NC(Cc1c(F)ccc2c1OCC2)C(=O)O. The summed E-state index contributed by atoms with van der Waals surface area (Å²) in [7, 11) is 0. The minimum absolute atomic E-state index is 0.0513. The third-order valence-corrected chi connectivity index (χ3v) is 2.64. The lowest BCUT2D eigenvalue weighted by Gasteiger charge is -2.11. The van der Waals surface area contributed by atoms with Gasteiger partial charge >= 0.3 is 5.97 Å². The number of benzene rings is 1. The first-order chi connectivity index (χ1) is 7.59. The first kappa shape index (κ1) is 10.9. The predicted octanol–water partition coefficient (Wildman–Crippen LogP) is 0.715. The van der Waals surface area contributed by atoms with E-state index in [1.165, 1.54) is 6.07 Å². The van der Waals surface area contributed by atoms with Crippen LogP contribution in [-0.4, -0.2) is 23.7 Å². The molecule has 1 aromatic carbocycles. The Morgan fingerprint density at radius 3 is 3.06 bits per heavy atom. The Kier molecular flexibility index (Phi) is 2.78. The van der Waals surface area contributed by atoms with Crippen molar-refractivity contribution in [2.45, 2.75) is 18.9 Å². The summed E-state index contributed by atoms with van der Waals surface area (Å²) in [6.45, 7) is 0.508. The fourth-order valence-corrected chi connectivity index (χ4v) is 1.79. The van der Waals surface area contributed by atoms with Gasteiger partial charge in [-0.1, -0.05) is 6.07 Å². The number of carboxylic acid groups (broad SMARTS) is 1. The molecule has 5 heteroatoms. The molecule has 2 rings (SSSR count). The molecule has 0 saturated carbocycles. The Hall–Kier alpha value is -1.62. The van der Waals surface area contributed by atoms with Crippen molar-refractivity contribution in [3.05, 3.63) is 29.1 Å². The van der Waals surface area contributed by atoms with Crippen LogP contribution in [0.25, 0.3) is 0 Å². The first-order valence-electron chi connectivity index (χ1n) is 5.01. The highest BCUT2D eigenvalue weighted by molar-refractivity contribution is 5.73. The van der Waals surface area contributed by atoms with Gasteiger partial charge in [0, 0.05) is 18.4 Å². The number of carbonyl (C=O) groups is 1. The largest absolute Gasteiger partial charge is 0.493 e. The third-order valence-electron chi connectivity index (χ3n) is 2.64. The molecule has 0 bridgehead atoms. The van der Waals surface area contributed by atoms with Crippen molar-refractivity contribution < 1.29 is 19.0 Å². The average Bonchev–Trinajstić information content (AvgIpc) is 2.70. The Balaban J connectivity index is 2.33. The smallest absolute Gasteiger partial charge is 0.320 e. The maximum atomic E-state index is 13.5. The van der Waals surface area contributed by atoms with Crippen LogP contribution < -0.4 is 10.5 Å². The summed E-state index contributed by atoms with van der Waals surface area (Å²) in [5, 5.41) is 8.69. The molecule has 3 N–H and O–H groups in total. The number of rotatable bonds is 3. The molecule has 1 aliphatic heterocycles. The zero-order valence-electron chi connectivity index (χ0n) is 8.57. The summed E-state index contributed by atoms with van der Waals surface area (Å²) in [6, 6.07) is 1.88. The molecule has 86 valence electrons. The lowest BCUT2D eigenvalue weighted by Crippen LogP contribution is -2.32. The van der Waals surface area contributed by atoms with Gasteiger partial charge in [-0.15, -0.1) is 0 Å². The first-order valence-corrected chi connectivity index (χ1v) is 5.01. The normalized spacial score (nSPS) is 15.4. The summed E-state index contributed by atoms with van der Waals surface area (Å²) < 4.78 is 18.8. The molecule has 4 nitrogen and oxygen atoms in total. The zero-order chi connectivity index (χ0) is 11.7. The van der Waals surface area contributed by atoms with E-state index in [0.29, 0.717) is 12.4 Å². The number of hydrogen-bond donors (Lipinski definition) is 2. The molecule has 1 atom stereocenters. The summed E-state index contributed by atoms with van der Waals surface area (Å²) in [5.41, 5.74) is 6.57. The van der Waals surface area contributed by atoms with Gasteiger partial charge in [0.2, 0.25) is 0 Å². The van der Waals surface area contributed by atoms with Gasteiger partial charge in [0.15, 0.2) is 0 Å². The van der Waals surface area contributed by atoms with Crippen LogP contribution in [0.5, 0.6) is 5.75 Å². The molecule has 0 radical (unpaired) electrons. The molecule has 1 aliphatic rings. The van der Waals surface area contributed by atoms with Crippen LogP contribution in [0.4, 0.5) is 4.39 Å². The zero-order valence-corrected chi connectivity index (χ0v) is 8.57. The van der Waals surface area contributed by atoms with Gasteiger partial charge in [-0.3, -0.25) is 4.79 Å². The summed E-state index contributed by atoms with van der Waals surface area (Å²) in [6.07, 6.45) is 0.676. The molecule has 0 aliphatic carbocycles. The van der Waals surface area contributed by atoms with Gasteiger partial charge < -0.3 is 15.6 Å². The fourth-order valence-electron chi connectivity index (χ4n) is 1.79. The Bertz CT molecular complexity index is 433. The van der Waals surface area contributed by atoms with E-state index in [1.807, 2.05) is 0 Å². The minimum atomic E-state index is -1.14. The summed E-state index contributed by atoms with van der Waals surface area (Å²) >= 11 is 0. The molecular weight excluding hydrogens is 213 g/mol. The van der Waals surface area contributed by atoms with Crippen LogP contribution in [0, 0.1) is 5.82 Å². The average molecular weight is 225 g/mol. The maximum absolute atomic E-state index is 13.5. The number of ether oxygens (including phenoxy) is 1. The van der Waals surface area contributed by atoms with Crippen molar-refractivity contribution in [1.29, 1.82) is 0 Å². The second kappa shape index (κ2) is 4.09. The summed E-state index contributed by atoms with van der Waals surface area (Å²) in [5.74, 6) is -1.14. The molecular formula is C11H12FNO3. The van der Waals surface area contributed by atoms with Crippen LogP contribution in [0.2, 0.25) is 0 Å². The van der Waals surface area contributed by atoms with Crippen LogP contribution in [0.1, 0.15) is 11.1 Å². The van der Waals surface area contributed by atoms with E-state index in [-0.39, 0.29) is 12.0 Å². The molecule has 0 spiro atoms. The topological polar surface area (TPSA) is 72.5 Å². The quantitative estimate of drug-likeness (QED) is 0.794. The van der Waals surface area contributed by atoms with E-state index in [0.717, 1.165) is 12.0 Å². The number of aliphatic carboxylic acids is 1. The molecule has 1 aromatic rings.